The maximum atomic E-state index is 11.9. The quantitative estimate of drug-likeness (QED) is 0.834. The van der Waals surface area contributed by atoms with Gasteiger partial charge < -0.3 is 4.74 Å². The summed E-state index contributed by atoms with van der Waals surface area (Å²) in [6.45, 7) is 0.122. The number of nitrogens with zero attached hydrogens (tertiary/aromatic N) is 1. The molecular formula is C12H12F3NO2S. The van der Waals surface area contributed by atoms with Gasteiger partial charge in [-0.3, -0.25) is 4.79 Å². The highest BCUT2D eigenvalue weighted by Crippen LogP contribution is 2.17. The minimum absolute atomic E-state index is 0.0265. The first-order valence-electron chi connectivity index (χ1n) is 5.32. The molecule has 0 spiro atoms. The van der Waals surface area contributed by atoms with Crippen LogP contribution in [-0.4, -0.2) is 28.6 Å². The van der Waals surface area contributed by atoms with Crippen LogP contribution in [0.15, 0.2) is 24.4 Å². The number of pyridine rings is 1. The lowest BCUT2D eigenvalue weighted by atomic mass is 10.2. The SMILES string of the molecule is CC(=O)SCC=Cc1ccc(OCC(F)(F)F)nc1. The van der Waals surface area contributed by atoms with Crippen molar-refractivity contribution in [1.82, 2.24) is 4.98 Å². The molecule has 0 aliphatic carbocycles. The van der Waals surface area contributed by atoms with E-state index in [-0.39, 0.29) is 11.0 Å². The van der Waals surface area contributed by atoms with Crippen molar-refractivity contribution < 1.29 is 22.7 Å². The third-order valence-electron chi connectivity index (χ3n) is 1.84. The van der Waals surface area contributed by atoms with Gasteiger partial charge in [-0.1, -0.05) is 23.9 Å². The molecule has 0 N–H and O–H groups in total. The van der Waals surface area contributed by atoms with E-state index >= 15 is 0 Å². The predicted octanol–water partition coefficient (Wildman–Crippen LogP) is 3.32. The molecule has 1 rings (SSSR count). The summed E-state index contributed by atoms with van der Waals surface area (Å²) >= 11 is 1.17. The fourth-order valence-corrected chi connectivity index (χ4v) is 1.51. The minimum atomic E-state index is -4.37. The van der Waals surface area contributed by atoms with E-state index in [9.17, 15) is 18.0 Å². The highest BCUT2D eigenvalue weighted by atomic mass is 32.2. The van der Waals surface area contributed by atoms with Gasteiger partial charge in [0.2, 0.25) is 5.88 Å². The van der Waals surface area contributed by atoms with E-state index in [1.807, 2.05) is 0 Å². The molecule has 7 heteroatoms. The highest BCUT2D eigenvalue weighted by Gasteiger charge is 2.28. The van der Waals surface area contributed by atoms with Gasteiger partial charge >= 0.3 is 6.18 Å². The van der Waals surface area contributed by atoms with Crippen LogP contribution in [0.1, 0.15) is 12.5 Å². The Hall–Kier alpha value is -1.50. The molecule has 1 heterocycles. The molecule has 0 unspecified atom stereocenters. The number of carbonyl (C=O) groups excluding carboxylic acids is 1. The third kappa shape index (κ3) is 7.50. The molecule has 0 bridgehead atoms. The zero-order valence-corrected chi connectivity index (χ0v) is 10.9. The molecule has 0 saturated heterocycles. The number of aromatic nitrogens is 1. The molecule has 0 saturated carbocycles. The average molecular weight is 291 g/mol. The molecule has 0 aliphatic rings. The van der Waals surface area contributed by atoms with Gasteiger partial charge in [-0.05, 0) is 11.6 Å². The summed E-state index contributed by atoms with van der Waals surface area (Å²) in [7, 11) is 0. The van der Waals surface area contributed by atoms with Gasteiger partial charge in [-0.15, -0.1) is 0 Å². The molecule has 1 aromatic heterocycles. The van der Waals surface area contributed by atoms with Crippen LogP contribution in [0, 0.1) is 0 Å². The summed E-state index contributed by atoms with van der Waals surface area (Å²) in [5.74, 6) is 0.467. The Labute approximate surface area is 112 Å². The van der Waals surface area contributed by atoms with Crippen LogP contribution in [0.2, 0.25) is 0 Å². The van der Waals surface area contributed by atoms with Gasteiger partial charge in [0.25, 0.3) is 0 Å². The summed E-state index contributed by atoms with van der Waals surface area (Å²) in [6.07, 6.45) is 0.542. The lowest BCUT2D eigenvalue weighted by Gasteiger charge is -2.07. The number of halogens is 3. The van der Waals surface area contributed by atoms with Crippen molar-refractivity contribution in [2.75, 3.05) is 12.4 Å². The van der Waals surface area contributed by atoms with E-state index in [0.29, 0.717) is 5.75 Å². The summed E-state index contributed by atoms with van der Waals surface area (Å²) < 4.78 is 40.2. The van der Waals surface area contributed by atoms with Crippen molar-refractivity contribution >= 4 is 23.0 Å². The number of hydrogen-bond donors (Lipinski definition) is 0. The Bertz CT molecular complexity index is 443. The Morgan fingerprint density at radius 1 is 1.47 bits per heavy atom. The van der Waals surface area contributed by atoms with Crippen LogP contribution in [0.4, 0.5) is 13.2 Å². The number of rotatable bonds is 5. The van der Waals surface area contributed by atoms with Gasteiger partial charge in [-0.25, -0.2) is 4.98 Å². The Balaban J connectivity index is 2.45. The van der Waals surface area contributed by atoms with E-state index < -0.39 is 12.8 Å². The summed E-state index contributed by atoms with van der Waals surface area (Å²) in [6, 6.07) is 2.96. The van der Waals surface area contributed by atoms with Crippen LogP contribution in [0.5, 0.6) is 5.88 Å². The average Bonchev–Trinajstić information content (AvgIpc) is 2.32. The number of alkyl halides is 3. The molecular weight excluding hydrogens is 279 g/mol. The fraction of sp³-hybridized carbons (Fsp3) is 0.333. The van der Waals surface area contributed by atoms with Crippen molar-refractivity contribution in [3.05, 3.63) is 30.0 Å². The Morgan fingerprint density at radius 2 is 2.21 bits per heavy atom. The van der Waals surface area contributed by atoms with Gasteiger partial charge in [0.1, 0.15) is 0 Å². The van der Waals surface area contributed by atoms with Crippen LogP contribution < -0.4 is 4.74 Å². The van der Waals surface area contributed by atoms with Crippen LogP contribution in [-0.2, 0) is 4.79 Å². The summed E-state index contributed by atoms with van der Waals surface area (Å²) in [4.78, 5) is 14.4. The van der Waals surface area contributed by atoms with Gasteiger partial charge in [-0.2, -0.15) is 13.2 Å². The Morgan fingerprint density at radius 3 is 2.74 bits per heavy atom. The van der Waals surface area contributed by atoms with Crippen molar-refractivity contribution in [2.45, 2.75) is 13.1 Å². The van der Waals surface area contributed by atoms with Gasteiger partial charge in [0, 0.05) is 24.9 Å². The maximum Gasteiger partial charge on any atom is 0.422 e. The smallest absolute Gasteiger partial charge is 0.422 e. The first-order valence-corrected chi connectivity index (χ1v) is 6.31. The zero-order valence-electron chi connectivity index (χ0n) is 10.1. The lowest BCUT2D eigenvalue weighted by Crippen LogP contribution is -2.19. The number of thioether (sulfide) groups is 1. The monoisotopic (exact) mass is 291 g/mol. The normalized spacial score (nSPS) is 11.8. The first-order chi connectivity index (χ1) is 8.87. The van der Waals surface area contributed by atoms with Crippen LogP contribution >= 0.6 is 11.8 Å². The number of ether oxygens (including phenoxy) is 1. The fourth-order valence-electron chi connectivity index (χ4n) is 1.08. The second-order valence-electron chi connectivity index (χ2n) is 3.54. The molecule has 19 heavy (non-hydrogen) atoms. The molecule has 0 fully saturated rings. The van der Waals surface area contributed by atoms with Crippen molar-refractivity contribution in [3.63, 3.8) is 0 Å². The van der Waals surface area contributed by atoms with E-state index in [4.69, 9.17) is 0 Å². The first kappa shape index (κ1) is 15.6. The van der Waals surface area contributed by atoms with E-state index in [0.717, 1.165) is 5.56 Å². The summed E-state index contributed by atoms with van der Waals surface area (Å²) in [5.41, 5.74) is 0.725. The highest BCUT2D eigenvalue weighted by molar-refractivity contribution is 8.13. The minimum Gasteiger partial charge on any atom is -0.468 e. The largest absolute Gasteiger partial charge is 0.468 e. The second-order valence-corrected chi connectivity index (χ2v) is 4.74. The number of carbonyl (C=O) groups is 1. The van der Waals surface area contributed by atoms with E-state index in [2.05, 4.69) is 9.72 Å². The summed E-state index contributed by atoms with van der Waals surface area (Å²) in [5, 5.41) is 0.0265. The van der Waals surface area contributed by atoms with E-state index in [1.54, 1.807) is 18.2 Å². The third-order valence-corrected chi connectivity index (χ3v) is 2.60. The molecule has 0 aliphatic heterocycles. The Kier molecular flexibility index (Phi) is 5.88. The lowest BCUT2D eigenvalue weighted by molar-refractivity contribution is -0.154. The molecule has 1 aromatic rings. The predicted molar refractivity (Wildman–Crippen MR) is 68.0 cm³/mol. The zero-order chi connectivity index (χ0) is 14.3. The van der Waals surface area contributed by atoms with E-state index in [1.165, 1.54) is 30.9 Å². The molecule has 0 amide bonds. The maximum absolute atomic E-state index is 11.9. The molecule has 0 atom stereocenters. The number of hydrogen-bond acceptors (Lipinski definition) is 4. The van der Waals surface area contributed by atoms with Crippen LogP contribution in [0.25, 0.3) is 6.08 Å². The molecule has 104 valence electrons. The van der Waals surface area contributed by atoms with Gasteiger partial charge in [0.15, 0.2) is 11.7 Å². The van der Waals surface area contributed by atoms with Crippen molar-refractivity contribution in [1.29, 1.82) is 0 Å². The molecule has 0 aromatic carbocycles. The topological polar surface area (TPSA) is 39.2 Å². The standard InChI is InChI=1S/C12H12F3NO2S/c1-9(17)19-6-2-3-10-4-5-11(16-7-10)18-8-12(13,14)15/h2-5,7H,6,8H2,1H3. The van der Waals surface area contributed by atoms with Crippen LogP contribution in [0.3, 0.4) is 0 Å². The van der Waals surface area contributed by atoms with Crippen molar-refractivity contribution in [3.8, 4) is 5.88 Å². The second kappa shape index (κ2) is 7.18. The molecule has 3 nitrogen and oxygen atoms in total. The molecule has 0 radical (unpaired) electrons. The van der Waals surface area contributed by atoms with Crippen molar-refractivity contribution in [2.24, 2.45) is 0 Å². The van der Waals surface area contributed by atoms with Gasteiger partial charge in [0.05, 0.1) is 0 Å².